The van der Waals surface area contributed by atoms with Gasteiger partial charge in [-0.15, -0.1) is 15.9 Å². The molecule has 0 atom stereocenters. The molecule has 0 unspecified atom stereocenters. The van der Waals surface area contributed by atoms with Gasteiger partial charge in [0.25, 0.3) is 0 Å². The van der Waals surface area contributed by atoms with Crippen LogP contribution in [-0.4, -0.2) is 33.5 Å². The SMILES string of the molecule is CCCCCCCCN1C(=CC=C=Cc2c(-c3ccccc3)[nH]n3c(-c4ccccc4OC)nnc23)C(C)(C)c2ccccc21. The fraction of sp³-hybridized carbons (Fsp3) is 0.308. The molecule has 3 heterocycles. The molecule has 3 aromatic carbocycles. The highest BCUT2D eigenvalue weighted by molar-refractivity contribution is 5.82. The van der Waals surface area contributed by atoms with Crippen LogP contribution in [0.15, 0.2) is 102 Å². The van der Waals surface area contributed by atoms with Gasteiger partial charge in [-0.1, -0.05) is 114 Å². The van der Waals surface area contributed by atoms with Crippen LogP contribution in [0.25, 0.3) is 34.4 Å². The molecule has 0 spiro atoms. The number of fused-ring (bicyclic) bond motifs is 2. The van der Waals surface area contributed by atoms with Gasteiger partial charge >= 0.3 is 0 Å². The van der Waals surface area contributed by atoms with E-state index in [1.54, 1.807) is 7.11 Å². The summed E-state index contributed by atoms with van der Waals surface area (Å²) < 4.78 is 7.57. The minimum absolute atomic E-state index is 0.0931. The van der Waals surface area contributed by atoms with E-state index < -0.39 is 0 Å². The summed E-state index contributed by atoms with van der Waals surface area (Å²) in [7, 11) is 1.67. The van der Waals surface area contributed by atoms with Crippen molar-refractivity contribution < 1.29 is 4.74 Å². The number of allylic oxidation sites excluding steroid dienone is 3. The maximum atomic E-state index is 5.63. The third-order valence-corrected chi connectivity index (χ3v) is 8.91. The number of nitrogens with one attached hydrogen (secondary N) is 1. The molecule has 230 valence electrons. The first-order valence-corrected chi connectivity index (χ1v) is 16.2. The van der Waals surface area contributed by atoms with Crippen LogP contribution in [0.4, 0.5) is 5.69 Å². The number of para-hydroxylation sites is 2. The fourth-order valence-electron chi connectivity index (χ4n) is 6.50. The second kappa shape index (κ2) is 13.5. The summed E-state index contributed by atoms with van der Waals surface area (Å²) in [6.07, 6.45) is 14.0. The third kappa shape index (κ3) is 5.99. The zero-order valence-corrected chi connectivity index (χ0v) is 26.9. The zero-order chi connectivity index (χ0) is 31.2. The molecule has 0 bridgehead atoms. The van der Waals surface area contributed by atoms with E-state index >= 15 is 0 Å². The number of aromatic nitrogens is 4. The van der Waals surface area contributed by atoms with Gasteiger partial charge in [-0.2, -0.15) is 0 Å². The number of aromatic amines is 1. The van der Waals surface area contributed by atoms with E-state index in [4.69, 9.17) is 4.74 Å². The van der Waals surface area contributed by atoms with Crippen molar-refractivity contribution in [2.45, 2.75) is 64.7 Å². The van der Waals surface area contributed by atoms with E-state index in [0.717, 1.165) is 40.3 Å². The molecule has 0 saturated carbocycles. The second-order valence-corrected chi connectivity index (χ2v) is 12.2. The first-order valence-electron chi connectivity index (χ1n) is 16.2. The first kappa shape index (κ1) is 30.2. The summed E-state index contributed by atoms with van der Waals surface area (Å²) >= 11 is 0. The Morgan fingerprint density at radius 2 is 1.60 bits per heavy atom. The molecule has 0 saturated heterocycles. The third-order valence-electron chi connectivity index (χ3n) is 8.91. The number of anilines is 1. The molecule has 2 aromatic heterocycles. The van der Waals surface area contributed by atoms with Crippen LogP contribution < -0.4 is 9.64 Å². The molecule has 6 heteroatoms. The zero-order valence-electron chi connectivity index (χ0n) is 26.9. The largest absolute Gasteiger partial charge is 0.496 e. The van der Waals surface area contributed by atoms with Gasteiger partial charge in [-0.05, 0) is 48.4 Å². The van der Waals surface area contributed by atoms with Crippen LogP contribution in [0.2, 0.25) is 0 Å². The van der Waals surface area contributed by atoms with Crippen molar-refractivity contribution in [3.63, 3.8) is 0 Å². The fourth-order valence-corrected chi connectivity index (χ4v) is 6.50. The number of hydrogen-bond donors (Lipinski definition) is 1. The summed E-state index contributed by atoms with van der Waals surface area (Å²) in [4.78, 5) is 2.52. The molecule has 45 heavy (non-hydrogen) atoms. The second-order valence-electron chi connectivity index (χ2n) is 12.2. The van der Waals surface area contributed by atoms with E-state index in [1.807, 2.05) is 59.1 Å². The van der Waals surface area contributed by atoms with Crippen molar-refractivity contribution in [3.05, 3.63) is 114 Å². The summed E-state index contributed by atoms with van der Waals surface area (Å²) in [5.74, 6) is 1.44. The molecule has 6 nitrogen and oxygen atoms in total. The maximum Gasteiger partial charge on any atom is 0.187 e. The van der Waals surface area contributed by atoms with Crippen molar-refractivity contribution in [3.8, 4) is 28.4 Å². The average Bonchev–Trinajstić information content (AvgIpc) is 3.71. The van der Waals surface area contributed by atoms with Crippen LogP contribution in [-0.2, 0) is 5.41 Å². The predicted molar refractivity (Wildman–Crippen MR) is 186 cm³/mol. The monoisotopic (exact) mass is 597 g/mol. The number of H-pyrrole nitrogens is 1. The Balaban J connectivity index is 1.36. The average molecular weight is 598 g/mol. The van der Waals surface area contributed by atoms with E-state index in [9.17, 15) is 0 Å². The summed E-state index contributed by atoms with van der Waals surface area (Å²) in [5, 5.41) is 12.7. The van der Waals surface area contributed by atoms with E-state index in [-0.39, 0.29) is 5.41 Å². The molecular weight excluding hydrogens is 554 g/mol. The molecule has 1 N–H and O–H groups in total. The summed E-state index contributed by atoms with van der Waals surface area (Å²) in [6.45, 7) is 7.96. The van der Waals surface area contributed by atoms with Crippen molar-refractivity contribution >= 4 is 17.4 Å². The highest BCUT2D eigenvalue weighted by atomic mass is 16.5. The Morgan fingerprint density at radius 1 is 0.867 bits per heavy atom. The molecule has 0 fully saturated rings. The van der Waals surface area contributed by atoms with Crippen LogP contribution in [0.5, 0.6) is 5.75 Å². The lowest BCUT2D eigenvalue weighted by Gasteiger charge is -2.27. The molecular formula is C39H43N5O. The van der Waals surface area contributed by atoms with Gasteiger partial charge in [-0.25, -0.2) is 4.52 Å². The van der Waals surface area contributed by atoms with Crippen molar-refractivity contribution in [1.82, 2.24) is 19.8 Å². The number of hydrogen-bond acceptors (Lipinski definition) is 4. The Bertz CT molecular complexity index is 1850. The maximum absolute atomic E-state index is 5.63. The number of unbranched alkanes of at least 4 members (excludes halogenated alkanes) is 5. The van der Waals surface area contributed by atoms with Gasteiger partial charge in [0.15, 0.2) is 11.5 Å². The minimum Gasteiger partial charge on any atom is -0.496 e. The molecule has 0 amide bonds. The quantitative estimate of drug-likeness (QED) is 0.115. The van der Waals surface area contributed by atoms with Gasteiger partial charge in [0.2, 0.25) is 0 Å². The van der Waals surface area contributed by atoms with Crippen molar-refractivity contribution in [2.75, 3.05) is 18.6 Å². The first-order chi connectivity index (χ1) is 22.0. The lowest BCUT2D eigenvalue weighted by molar-refractivity contribution is 0.416. The number of nitrogens with zero attached hydrogens (tertiary/aromatic N) is 4. The standard InChI is InChI=1S/C39H43N5O/c1-5-6-7-8-9-19-28-43-33-25-16-15-24-32(33)39(2,3)35(43)27-18-14-23-31-36(29-20-11-10-12-21-29)42-44-37(40-41-38(31)44)30-22-13-17-26-34(30)45-4/h10-13,15-18,20-27,42H,5-9,19,28H2,1-4H3. The van der Waals surface area contributed by atoms with Crippen LogP contribution in [0.3, 0.4) is 0 Å². The van der Waals surface area contributed by atoms with E-state index in [1.165, 1.54) is 55.5 Å². The smallest absolute Gasteiger partial charge is 0.187 e. The van der Waals surface area contributed by atoms with Crippen molar-refractivity contribution in [2.24, 2.45) is 0 Å². The normalized spacial score (nSPS) is 14.5. The number of ether oxygens (including phenoxy) is 1. The topological polar surface area (TPSA) is 58.5 Å². The molecule has 6 rings (SSSR count). The Kier molecular flexibility index (Phi) is 9.04. The van der Waals surface area contributed by atoms with Gasteiger partial charge in [0.05, 0.1) is 23.9 Å². The molecule has 0 radical (unpaired) electrons. The molecule has 1 aliphatic rings. The predicted octanol–water partition coefficient (Wildman–Crippen LogP) is 9.61. The van der Waals surface area contributed by atoms with Gasteiger partial charge in [0.1, 0.15) is 5.75 Å². The Labute approximate surface area is 266 Å². The van der Waals surface area contributed by atoms with Crippen LogP contribution >= 0.6 is 0 Å². The molecule has 0 aliphatic carbocycles. The van der Waals surface area contributed by atoms with Crippen LogP contribution in [0, 0.1) is 0 Å². The number of rotatable bonds is 12. The van der Waals surface area contributed by atoms with Crippen LogP contribution in [0.1, 0.15) is 70.4 Å². The lowest BCUT2D eigenvalue weighted by atomic mass is 9.84. The van der Waals surface area contributed by atoms with Crippen molar-refractivity contribution in [1.29, 1.82) is 0 Å². The van der Waals surface area contributed by atoms with Gasteiger partial charge in [-0.3, -0.25) is 5.10 Å². The highest BCUT2D eigenvalue weighted by Gasteiger charge is 2.39. The van der Waals surface area contributed by atoms with E-state index in [2.05, 4.69) is 89.2 Å². The minimum atomic E-state index is -0.0931. The molecule has 5 aromatic rings. The number of benzene rings is 3. The highest BCUT2D eigenvalue weighted by Crippen LogP contribution is 2.47. The Morgan fingerprint density at radius 3 is 2.42 bits per heavy atom. The summed E-state index contributed by atoms with van der Waals surface area (Å²) in [6, 6.07) is 27.0. The number of methoxy groups -OCH3 is 1. The summed E-state index contributed by atoms with van der Waals surface area (Å²) in [5.41, 5.74) is 12.0. The van der Waals surface area contributed by atoms with Gasteiger partial charge in [0, 0.05) is 28.9 Å². The molecule has 1 aliphatic heterocycles. The lowest BCUT2D eigenvalue weighted by Crippen LogP contribution is -2.27. The Hall–Kier alpha value is -4.80. The van der Waals surface area contributed by atoms with Gasteiger partial charge < -0.3 is 9.64 Å². The van der Waals surface area contributed by atoms with E-state index in [0.29, 0.717) is 5.82 Å².